The van der Waals surface area contributed by atoms with E-state index in [2.05, 4.69) is 5.32 Å². The van der Waals surface area contributed by atoms with Crippen LogP contribution in [-0.2, 0) is 4.79 Å². The van der Waals surface area contributed by atoms with Crippen molar-refractivity contribution in [3.05, 3.63) is 29.8 Å². The van der Waals surface area contributed by atoms with Crippen molar-refractivity contribution in [3.63, 3.8) is 0 Å². The molecule has 20 heavy (non-hydrogen) atoms. The zero-order chi connectivity index (χ0) is 14.8. The van der Waals surface area contributed by atoms with Crippen molar-refractivity contribution < 1.29 is 19.8 Å². The molecule has 0 unspecified atom stereocenters. The van der Waals surface area contributed by atoms with Crippen LogP contribution in [0.25, 0.3) is 0 Å². The number of carboxylic acids is 1. The van der Waals surface area contributed by atoms with E-state index in [1.165, 1.54) is 12.1 Å². The second-order valence-electron chi connectivity index (χ2n) is 4.71. The van der Waals surface area contributed by atoms with Gasteiger partial charge in [0.25, 0.3) is 5.91 Å². The summed E-state index contributed by atoms with van der Waals surface area (Å²) in [6, 6.07) is 6.13. The third-order valence-corrected chi connectivity index (χ3v) is 2.98. The fourth-order valence-electron chi connectivity index (χ4n) is 1.85. The van der Waals surface area contributed by atoms with Crippen molar-refractivity contribution in [2.75, 3.05) is 6.54 Å². The van der Waals surface area contributed by atoms with E-state index in [0.29, 0.717) is 12.1 Å². The molecule has 0 aromatic heterocycles. The number of phenols is 1. The van der Waals surface area contributed by atoms with Gasteiger partial charge < -0.3 is 15.5 Å². The highest BCUT2D eigenvalue weighted by molar-refractivity contribution is 5.94. The van der Waals surface area contributed by atoms with Crippen LogP contribution in [0.4, 0.5) is 0 Å². The summed E-state index contributed by atoms with van der Waals surface area (Å²) in [7, 11) is 0. The number of carbonyl (C=O) groups is 2. The van der Waals surface area contributed by atoms with E-state index < -0.39 is 5.97 Å². The van der Waals surface area contributed by atoms with E-state index >= 15 is 0 Å². The predicted molar refractivity (Wildman–Crippen MR) is 75.8 cm³/mol. The maximum atomic E-state index is 11.7. The SMILES string of the molecule is O=C(O)CCCCCCCNC(=O)c1ccc(O)cc1. The highest BCUT2D eigenvalue weighted by atomic mass is 16.4. The molecule has 0 fully saturated rings. The number of unbranched alkanes of at least 4 members (excludes halogenated alkanes) is 4. The molecule has 0 radical (unpaired) electrons. The number of carboxylic acid groups (broad SMARTS) is 1. The van der Waals surface area contributed by atoms with Gasteiger partial charge in [0.05, 0.1) is 0 Å². The Hall–Kier alpha value is -2.04. The van der Waals surface area contributed by atoms with Gasteiger partial charge in [-0.05, 0) is 37.1 Å². The van der Waals surface area contributed by atoms with Crippen LogP contribution in [-0.4, -0.2) is 28.6 Å². The van der Waals surface area contributed by atoms with Crippen molar-refractivity contribution in [1.82, 2.24) is 5.32 Å². The Bertz CT molecular complexity index is 428. The maximum Gasteiger partial charge on any atom is 0.303 e. The van der Waals surface area contributed by atoms with Crippen LogP contribution in [0, 0.1) is 0 Å². The molecule has 5 nitrogen and oxygen atoms in total. The first-order chi connectivity index (χ1) is 9.59. The summed E-state index contributed by atoms with van der Waals surface area (Å²) in [6.45, 7) is 0.610. The van der Waals surface area contributed by atoms with E-state index in [1.807, 2.05) is 0 Å². The minimum Gasteiger partial charge on any atom is -0.508 e. The van der Waals surface area contributed by atoms with Crippen molar-refractivity contribution in [1.29, 1.82) is 0 Å². The zero-order valence-corrected chi connectivity index (χ0v) is 11.5. The molecule has 0 heterocycles. The number of amides is 1. The Labute approximate surface area is 118 Å². The molecule has 1 rings (SSSR count). The van der Waals surface area contributed by atoms with Gasteiger partial charge in [-0.15, -0.1) is 0 Å². The van der Waals surface area contributed by atoms with Crippen LogP contribution in [0.15, 0.2) is 24.3 Å². The molecule has 110 valence electrons. The molecule has 0 spiro atoms. The standard InChI is InChI=1S/C15H21NO4/c17-13-9-7-12(8-10-13)15(20)16-11-5-3-1-2-4-6-14(18)19/h7-10,17H,1-6,11H2,(H,16,20)(H,18,19). The monoisotopic (exact) mass is 279 g/mol. The summed E-state index contributed by atoms with van der Waals surface area (Å²) in [5.74, 6) is -0.745. The Balaban J connectivity index is 2.05. The highest BCUT2D eigenvalue weighted by Gasteiger charge is 2.04. The van der Waals surface area contributed by atoms with Crippen LogP contribution in [0.1, 0.15) is 48.9 Å². The van der Waals surface area contributed by atoms with E-state index in [-0.39, 0.29) is 18.1 Å². The van der Waals surface area contributed by atoms with Crippen LogP contribution in [0.5, 0.6) is 5.75 Å². The second-order valence-corrected chi connectivity index (χ2v) is 4.71. The van der Waals surface area contributed by atoms with E-state index in [0.717, 1.165) is 32.1 Å². The minimum absolute atomic E-state index is 0.142. The normalized spacial score (nSPS) is 10.2. The lowest BCUT2D eigenvalue weighted by Crippen LogP contribution is -2.24. The minimum atomic E-state index is -0.744. The number of benzene rings is 1. The molecule has 0 saturated carbocycles. The van der Waals surface area contributed by atoms with Gasteiger partial charge >= 0.3 is 5.97 Å². The van der Waals surface area contributed by atoms with Crippen LogP contribution in [0.2, 0.25) is 0 Å². The van der Waals surface area contributed by atoms with Crippen LogP contribution < -0.4 is 5.32 Å². The van der Waals surface area contributed by atoms with E-state index in [1.54, 1.807) is 12.1 Å². The average molecular weight is 279 g/mol. The third kappa shape index (κ3) is 6.78. The first-order valence-electron chi connectivity index (χ1n) is 6.88. The predicted octanol–water partition coefficient (Wildman–Crippen LogP) is 2.55. The summed E-state index contributed by atoms with van der Waals surface area (Å²) in [5.41, 5.74) is 0.532. The van der Waals surface area contributed by atoms with Crippen molar-refractivity contribution in [2.45, 2.75) is 38.5 Å². The molecule has 1 amide bonds. The lowest BCUT2D eigenvalue weighted by Gasteiger charge is -2.05. The fraction of sp³-hybridized carbons (Fsp3) is 0.467. The van der Waals surface area contributed by atoms with Gasteiger partial charge in [0.15, 0.2) is 0 Å². The molecule has 5 heteroatoms. The molecule has 1 aromatic rings. The summed E-state index contributed by atoms with van der Waals surface area (Å²) >= 11 is 0. The first-order valence-corrected chi connectivity index (χ1v) is 6.88. The first kappa shape index (κ1) is 16.0. The highest BCUT2D eigenvalue weighted by Crippen LogP contribution is 2.09. The maximum absolute atomic E-state index is 11.7. The van der Waals surface area contributed by atoms with Gasteiger partial charge in [-0.2, -0.15) is 0 Å². The average Bonchev–Trinajstić information content (AvgIpc) is 2.42. The van der Waals surface area contributed by atoms with Gasteiger partial charge in [-0.3, -0.25) is 9.59 Å². The smallest absolute Gasteiger partial charge is 0.303 e. The van der Waals surface area contributed by atoms with Crippen molar-refractivity contribution in [2.24, 2.45) is 0 Å². The molecule has 0 bridgehead atoms. The number of rotatable bonds is 9. The summed E-state index contributed by atoms with van der Waals surface area (Å²) < 4.78 is 0. The summed E-state index contributed by atoms with van der Waals surface area (Å²) in [5, 5.41) is 20.4. The summed E-state index contributed by atoms with van der Waals surface area (Å²) in [4.78, 5) is 22.0. The third-order valence-electron chi connectivity index (χ3n) is 2.98. The van der Waals surface area contributed by atoms with Gasteiger partial charge in [-0.25, -0.2) is 0 Å². The number of hydrogen-bond donors (Lipinski definition) is 3. The Kier molecular flexibility index (Phi) is 7.17. The topological polar surface area (TPSA) is 86.6 Å². The Morgan fingerprint density at radius 1 is 0.950 bits per heavy atom. The summed E-state index contributed by atoms with van der Waals surface area (Å²) in [6.07, 6.45) is 4.72. The number of aromatic hydroxyl groups is 1. The second kappa shape index (κ2) is 8.96. The number of nitrogens with one attached hydrogen (secondary N) is 1. The molecular formula is C15H21NO4. The number of carbonyl (C=O) groups excluding carboxylic acids is 1. The fourth-order valence-corrected chi connectivity index (χ4v) is 1.85. The van der Waals surface area contributed by atoms with Gasteiger partial charge in [0.2, 0.25) is 0 Å². The molecule has 0 aliphatic heterocycles. The molecule has 0 saturated heterocycles. The van der Waals surface area contributed by atoms with Crippen LogP contribution >= 0.6 is 0 Å². The lowest BCUT2D eigenvalue weighted by atomic mass is 10.1. The molecular weight excluding hydrogens is 258 g/mol. The largest absolute Gasteiger partial charge is 0.508 e. The molecule has 0 atom stereocenters. The molecule has 0 aliphatic carbocycles. The van der Waals surface area contributed by atoms with Crippen molar-refractivity contribution >= 4 is 11.9 Å². The van der Waals surface area contributed by atoms with E-state index in [9.17, 15) is 9.59 Å². The molecule has 1 aromatic carbocycles. The zero-order valence-electron chi connectivity index (χ0n) is 11.5. The van der Waals surface area contributed by atoms with Gasteiger partial charge in [-0.1, -0.05) is 19.3 Å². The van der Waals surface area contributed by atoms with Gasteiger partial charge in [0, 0.05) is 18.5 Å². The van der Waals surface area contributed by atoms with Crippen LogP contribution in [0.3, 0.4) is 0 Å². The van der Waals surface area contributed by atoms with Crippen molar-refractivity contribution in [3.8, 4) is 5.75 Å². The molecule has 0 aliphatic rings. The van der Waals surface area contributed by atoms with Gasteiger partial charge in [0.1, 0.15) is 5.75 Å². The Morgan fingerprint density at radius 3 is 2.20 bits per heavy atom. The van der Waals surface area contributed by atoms with E-state index in [4.69, 9.17) is 10.2 Å². The Morgan fingerprint density at radius 2 is 1.55 bits per heavy atom. The lowest BCUT2D eigenvalue weighted by molar-refractivity contribution is -0.137. The molecule has 3 N–H and O–H groups in total. The number of aliphatic carboxylic acids is 1. The number of phenolic OH excluding ortho intramolecular Hbond substituents is 1. The quantitative estimate of drug-likeness (QED) is 0.606. The number of hydrogen-bond acceptors (Lipinski definition) is 3.